The largest absolute Gasteiger partial charge is 0.481 e. The maximum atomic E-state index is 14.6. The zero-order valence-electron chi connectivity index (χ0n) is 55.3. The molecule has 1 aromatic heterocycles. The summed E-state index contributed by atoms with van der Waals surface area (Å²) in [5, 5.41) is 49.6. The number of amides is 9. The number of primary amides is 1. The fourth-order valence-corrected chi connectivity index (χ4v) is 11.5. The van der Waals surface area contributed by atoms with Gasteiger partial charge in [0, 0.05) is 67.9 Å². The van der Waals surface area contributed by atoms with Crippen molar-refractivity contribution in [1.82, 2.24) is 52.2 Å². The molecule has 0 fully saturated rings. The molecular formula is C68H88FN11O17S. The van der Waals surface area contributed by atoms with Gasteiger partial charge in [-0.2, -0.15) is 4.72 Å². The van der Waals surface area contributed by atoms with Crippen LogP contribution in [0.4, 0.5) is 4.39 Å². The quantitative estimate of drug-likeness (QED) is 0.0249. The van der Waals surface area contributed by atoms with Crippen molar-refractivity contribution < 1.29 is 85.7 Å². The van der Waals surface area contributed by atoms with Gasteiger partial charge in [-0.15, -0.1) is 0 Å². The van der Waals surface area contributed by atoms with Gasteiger partial charge in [-0.1, -0.05) is 95.6 Å². The Bertz CT molecular complexity index is 3750. The van der Waals surface area contributed by atoms with Crippen LogP contribution in [0.5, 0.6) is 0 Å². The number of aliphatic carboxylic acids is 3. The molecule has 6 atom stereocenters. The van der Waals surface area contributed by atoms with E-state index in [-0.39, 0.29) is 53.5 Å². The first-order chi connectivity index (χ1) is 46.3. The fourth-order valence-electron chi connectivity index (χ4n) is 10.3. The van der Waals surface area contributed by atoms with E-state index < -0.39 is 162 Å². The average molecular weight is 1380 g/mol. The molecule has 28 nitrogen and oxygen atoms in total. The van der Waals surface area contributed by atoms with Crippen LogP contribution in [0.25, 0.3) is 10.9 Å². The summed E-state index contributed by atoms with van der Waals surface area (Å²) in [7, 11) is -4.57. The van der Waals surface area contributed by atoms with Gasteiger partial charge >= 0.3 is 17.9 Å². The molecule has 0 saturated carbocycles. The minimum absolute atomic E-state index is 0.00932. The van der Waals surface area contributed by atoms with Crippen molar-refractivity contribution in [2.45, 2.75) is 177 Å². The molecule has 0 radical (unpaired) electrons. The molecule has 0 saturated heterocycles. The number of carboxylic acid groups (broad SMARTS) is 3. The first kappa shape index (κ1) is 78.6. The predicted octanol–water partition coefficient (Wildman–Crippen LogP) is 3.37. The highest BCUT2D eigenvalue weighted by atomic mass is 32.2. The van der Waals surface area contributed by atoms with Gasteiger partial charge in [-0.3, -0.25) is 57.5 Å². The summed E-state index contributed by atoms with van der Waals surface area (Å²) in [5.41, 5.74) is 9.20. The topological polar surface area (TPSA) is 450 Å². The molecule has 0 aliphatic rings. The molecule has 530 valence electrons. The minimum Gasteiger partial charge on any atom is -0.481 e. The summed E-state index contributed by atoms with van der Waals surface area (Å²) in [5.74, 6) is -12.9. The molecule has 0 unspecified atom stereocenters. The van der Waals surface area contributed by atoms with E-state index in [9.17, 15) is 85.7 Å². The monoisotopic (exact) mass is 1380 g/mol. The number of unbranched alkanes of at least 4 members (excludes halogenated alkanes) is 3. The first-order valence-corrected chi connectivity index (χ1v) is 33.6. The van der Waals surface area contributed by atoms with Crippen molar-refractivity contribution in [2.24, 2.45) is 5.73 Å². The number of H-pyrrole nitrogens is 1. The average Bonchev–Trinajstić information content (AvgIpc) is 1.74. The summed E-state index contributed by atoms with van der Waals surface area (Å²) < 4.78 is 43.4. The highest BCUT2D eigenvalue weighted by Crippen LogP contribution is 2.24. The van der Waals surface area contributed by atoms with E-state index in [1.807, 2.05) is 30.7 Å². The van der Waals surface area contributed by atoms with Crippen LogP contribution in [-0.2, 0) is 81.0 Å². The number of nitrogens with one attached hydrogen (secondary N) is 10. The number of hydrogen-bond acceptors (Lipinski definition) is 14. The Kier molecular flexibility index (Phi) is 30.5. The van der Waals surface area contributed by atoms with Gasteiger partial charge in [0.2, 0.25) is 57.3 Å². The first-order valence-electron chi connectivity index (χ1n) is 32.1. The highest BCUT2D eigenvalue weighted by molar-refractivity contribution is 7.89. The summed E-state index contributed by atoms with van der Waals surface area (Å²) >= 11 is 0. The zero-order valence-corrected chi connectivity index (χ0v) is 56.1. The lowest BCUT2D eigenvalue weighted by atomic mass is 9.87. The van der Waals surface area contributed by atoms with Crippen molar-refractivity contribution in [2.75, 3.05) is 19.6 Å². The van der Waals surface area contributed by atoms with Crippen molar-refractivity contribution in [3.63, 3.8) is 0 Å². The standard InChI is InChI=1S/C68H88FN11O17S/c1-40(2)42-22-26-47(27-23-42)98(96,97)80-55(37-60(87)88)67(95)78-52(29-31-59(85)86)64(92)74-39-57(82)76-53(35-41-14-13-15-46(69)34-41)65(93)79-54(36-44-38-73-49-17-9-8-16-48(44)49)66(94)77-51(28-30-58(83)84)63(91)72-32-11-6-7-19-56(81)75-50(61(70)89)18-10-12-33-71-62(90)43-20-24-45(25-21-43)68(3,4)5/h8-9,13-17,20-27,34,38,40,50-55,73,80H,6-7,10-12,18-19,28-33,35-37,39H2,1-5H3,(H2,70,89)(H,71,90)(H,72,91)(H,74,92)(H,75,81)(H,76,82)(H,77,94)(H,78,95)(H,79,93)(H,83,84)(H,85,86)(H,87,88)/t50-,51-,52-,53-,54-,55+/m0/s1. The van der Waals surface area contributed by atoms with Crippen LogP contribution in [0.1, 0.15) is 150 Å². The molecule has 0 spiro atoms. The van der Waals surface area contributed by atoms with Crippen molar-refractivity contribution in [1.29, 1.82) is 0 Å². The number of aromatic nitrogens is 1. The van der Waals surface area contributed by atoms with Gasteiger partial charge in [-0.05, 0) is 121 Å². The molecule has 5 rings (SSSR count). The van der Waals surface area contributed by atoms with Crippen LogP contribution in [0.2, 0.25) is 0 Å². The number of halogens is 1. The molecule has 5 aromatic rings. The van der Waals surface area contributed by atoms with Gasteiger partial charge < -0.3 is 68.6 Å². The Labute approximate surface area is 566 Å². The molecule has 1 heterocycles. The van der Waals surface area contributed by atoms with Gasteiger partial charge in [0.05, 0.1) is 17.9 Å². The second-order valence-electron chi connectivity index (χ2n) is 25.0. The van der Waals surface area contributed by atoms with Crippen LogP contribution in [0.3, 0.4) is 0 Å². The number of sulfonamides is 1. The maximum absolute atomic E-state index is 14.6. The Morgan fingerprint density at radius 2 is 1.12 bits per heavy atom. The number of fused-ring (bicyclic) bond motifs is 1. The molecule has 0 aliphatic heterocycles. The Hall–Kier alpha value is -10.1. The summed E-state index contributed by atoms with van der Waals surface area (Å²) in [6.45, 7) is 9.34. The number of aromatic amines is 1. The number of carboxylic acids is 3. The van der Waals surface area contributed by atoms with Crippen molar-refractivity contribution in [3.8, 4) is 0 Å². The SMILES string of the molecule is CC(C)c1ccc(S(=O)(=O)N[C@H](CC(=O)O)C(=O)N[C@@H](CCC(=O)O)C(=O)NCC(=O)N[C@@H](Cc2cccc(F)c2)C(=O)N[C@@H](Cc2c[nH]c3ccccc23)C(=O)N[C@@H](CCC(=O)O)C(=O)NCCCCCC(=O)N[C@@H](CCCCNC(=O)c2ccc(C(C)(C)C)cc2)C(N)=O)cc1. The van der Waals surface area contributed by atoms with E-state index in [2.05, 4.69) is 68.3 Å². The number of hydrogen-bond donors (Lipinski definition) is 14. The third-order valence-electron chi connectivity index (χ3n) is 15.8. The van der Waals surface area contributed by atoms with Gasteiger partial charge in [0.1, 0.15) is 42.1 Å². The summed E-state index contributed by atoms with van der Waals surface area (Å²) in [6.07, 6.45) is -0.361. The van der Waals surface area contributed by atoms with E-state index in [0.29, 0.717) is 60.7 Å². The fraction of sp³-hybridized carbons (Fsp3) is 0.441. The molecular weight excluding hydrogens is 1290 g/mol. The number of rotatable bonds is 41. The van der Waals surface area contributed by atoms with Crippen LogP contribution in [0.15, 0.2) is 108 Å². The lowest BCUT2D eigenvalue weighted by Gasteiger charge is -2.26. The Morgan fingerprint density at radius 3 is 1.71 bits per heavy atom. The van der Waals surface area contributed by atoms with E-state index >= 15 is 0 Å². The minimum atomic E-state index is -4.57. The van der Waals surface area contributed by atoms with Crippen LogP contribution >= 0.6 is 0 Å². The molecule has 0 bridgehead atoms. The van der Waals surface area contributed by atoms with E-state index in [0.717, 1.165) is 23.3 Å². The summed E-state index contributed by atoms with van der Waals surface area (Å²) in [4.78, 5) is 160. The van der Waals surface area contributed by atoms with E-state index in [4.69, 9.17) is 5.73 Å². The number of carbonyl (C=O) groups is 12. The number of benzene rings is 4. The molecule has 4 aromatic carbocycles. The number of para-hydroxylation sites is 1. The molecule has 9 amide bonds. The second kappa shape index (κ2) is 38.0. The summed E-state index contributed by atoms with van der Waals surface area (Å²) in [6, 6.07) is 15.2. The van der Waals surface area contributed by atoms with Crippen LogP contribution in [-0.4, -0.2) is 156 Å². The lowest BCUT2D eigenvalue weighted by Crippen LogP contribution is -2.58. The number of nitrogens with two attached hydrogens (primary N) is 1. The lowest BCUT2D eigenvalue weighted by molar-refractivity contribution is -0.140. The van der Waals surface area contributed by atoms with Gasteiger partial charge in [-0.25, -0.2) is 12.8 Å². The smallest absolute Gasteiger partial charge is 0.305 e. The van der Waals surface area contributed by atoms with Gasteiger partial charge in [0.25, 0.3) is 5.91 Å². The highest BCUT2D eigenvalue weighted by Gasteiger charge is 2.34. The molecule has 30 heteroatoms. The molecule has 98 heavy (non-hydrogen) atoms. The second-order valence-corrected chi connectivity index (χ2v) is 26.7. The third kappa shape index (κ3) is 26.5. The molecule has 15 N–H and O–H groups in total. The van der Waals surface area contributed by atoms with Crippen molar-refractivity contribution >= 4 is 92.0 Å². The number of carbonyl (C=O) groups excluding carboxylic acids is 9. The Balaban J connectivity index is 1.23. The van der Waals surface area contributed by atoms with Crippen LogP contribution < -0.4 is 53.0 Å². The van der Waals surface area contributed by atoms with Crippen molar-refractivity contribution in [3.05, 3.63) is 137 Å². The predicted molar refractivity (Wildman–Crippen MR) is 357 cm³/mol. The molecule has 0 aliphatic carbocycles. The zero-order chi connectivity index (χ0) is 72.3. The van der Waals surface area contributed by atoms with E-state index in [1.165, 1.54) is 36.4 Å². The van der Waals surface area contributed by atoms with Crippen LogP contribution in [0, 0.1) is 5.82 Å². The maximum Gasteiger partial charge on any atom is 0.305 e. The Morgan fingerprint density at radius 1 is 0.551 bits per heavy atom. The third-order valence-corrected chi connectivity index (χ3v) is 17.3. The normalized spacial score (nSPS) is 13.3. The van der Waals surface area contributed by atoms with E-state index in [1.54, 1.807) is 42.6 Å². The van der Waals surface area contributed by atoms with Gasteiger partial charge in [0.15, 0.2) is 0 Å².